The van der Waals surface area contributed by atoms with E-state index in [-0.39, 0.29) is 29.1 Å². The molecular formula is C28H32F3N5O7. The van der Waals surface area contributed by atoms with Crippen LogP contribution in [0.1, 0.15) is 52.0 Å². The van der Waals surface area contributed by atoms with Gasteiger partial charge in [-0.25, -0.2) is 4.79 Å². The van der Waals surface area contributed by atoms with Crippen LogP contribution < -0.4 is 21.6 Å². The van der Waals surface area contributed by atoms with Crippen LogP contribution in [0.25, 0.3) is 11.0 Å². The molecule has 3 N–H and O–H groups in total. The van der Waals surface area contributed by atoms with Gasteiger partial charge in [-0.05, 0) is 51.7 Å². The SMILES string of the molecule is CC(=O)N[C@H](C)C(=O)N1CCC[C@H]1C(=O)N[C@H](C)C(=O)N1CCC[C@H]1C(=O)Nc1ccc2c(C(F)(F)F)cc(=O)oc2c1. The molecule has 2 aliphatic rings. The Labute approximate surface area is 243 Å². The van der Waals surface area contributed by atoms with E-state index < -0.39 is 65.2 Å². The summed E-state index contributed by atoms with van der Waals surface area (Å²) in [5, 5.41) is 7.36. The lowest BCUT2D eigenvalue weighted by atomic mass is 10.1. The van der Waals surface area contributed by atoms with E-state index in [9.17, 15) is 41.9 Å². The van der Waals surface area contributed by atoms with Crippen molar-refractivity contribution in [2.45, 2.75) is 76.8 Å². The summed E-state index contributed by atoms with van der Waals surface area (Å²) in [6.45, 7) is 4.84. The summed E-state index contributed by atoms with van der Waals surface area (Å²) in [4.78, 5) is 78.0. The zero-order valence-electron chi connectivity index (χ0n) is 23.7. The van der Waals surface area contributed by atoms with Crippen LogP contribution in [0.2, 0.25) is 0 Å². The second-order valence-electron chi connectivity index (χ2n) is 10.7. The first-order valence-electron chi connectivity index (χ1n) is 13.8. The fraction of sp³-hybridized carbons (Fsp3) is 0.500. The number of hydrogen-bond donors (Lipinski definition) is 3. The molecule has 1 aromatic heterocycles. The Hall–Kier alpha value is -4.43. The van der Waals surface area contributed by atoms with Crippen molar-refractivity contribution in [2.75, 3.05) is 18.4 Å². The topological polar surface area (TPSA) is 158 Å². The van der Waals surface area contributed by atoms with E-state index in [0.717, 1.165) is 12.1 Å². The number of rotatable bonds is 7. The van der Waals surface area contributed by atoms with Gasteiger partial charge in [-0.2, -0.15) is 13.2 Å². The van der Waals surface area contributed by atoms with E-state index >= 15 is 0 Å². The molecule has 4 rings (SSSR count). The summed E-state index contributed by atoms with van der Waals surface area (Å²) in [5.41, 5.74) is -2.65. The van der Waals surface area contributed by atoms with E-state index in [1.54, 1.807) is 0 Å². The quantitative estimate of drug-likeness (QED) is 0.405. The number of nitrogens with one attached hydrogen (secondary N) is 3. The monoisotopic (exact) mass is 607 g/mol. The Morgan fingerprint density at radius 2 is 1.44 bits per heavy atom. The van der Waals surface area contributed by atoms with Crippen LogP contribution in [-0.2, 0) is 30.1 Å². The number of likely N-dealkylation sites (tertiary alicyclic amines) is 2. The van der Waals surface area contributed by atoms with Crippen molar-refractivity contribution in [3.8, 4) is 0 Å². The number of amides is 5. The molecule has 0 radical (unpaired) electrons. The molecule has 2 saturated heterocycles. The normalized spacial score (nSPS) is 20.0. The number of carbonyl (C=O) groups is 5. The van der Waals surface area contributed by atoms with Gasteiger partial charge in [-0.15, -0.1) is 0 Å². The van der Waals surface area contributed by atoms with Crippen LogP contribution in [0.3, 0.4) is 0 Å². The van der Waals surface area contributed by atoms with Crippen molar-refractivity contribution >= 4 is 46.2 Å². The first-order chi connectivity index (χ1) is 20.2. The third-order valence-electron chi connectivity index (χ3n) is 7.51. The van der Waals surface area contributed by atoms with Crippen LogP contribution in [0.4, 0.5) is 18.9 Å². The van der Waals surface area contributed by atoms with Crippen LogP contribution >= 0.6 is 0 Å². The fourth-order valence-corrected chi connectivity index (χ4v) is 5.54. The Morgan fingerprint density at radius 3 is 2.00 bits per heavy atom. The molecule has 0 unspecified atom stereocenters. The van der Waals surface area contributed by atoms with Gasteiger partial charge >= 0.3 is 11.8 Å². The highest BCUT2D eigenvalue weighted by Gasteiger charge is 2.40. The number of halogens is 3. The van der Waals surface area contributed by atoms with Gasteiger partial charge in [-0.3, -0.25) is 24.0 Å². The van der Waals surface area contributed by atoms with Crippen molar-refractivity contribution in [3.63, 3.8) is 0 Å². The molecule has 2 fully saturated rings. The molecule has 3 heterocycles. The Kier molecular flexibility index (Phi) is 9.11. The van der Waals surface area contributed by atoms with E-state index in [0.29, 0.717) is 38.3 Å². The minimum atomic E-state index is -4.79. The molecule has 0 saturated carbocycles. The largest absolute Gasteiger partial charge is 0.423 e. The van der Waals surface area contributed by atoms with Gasteiger partial charge in [0.25, 0.3) is 0 Å². The molecule has 232 valence electrons. The maximum absolute atomic E-state index is 13.3. The molecule has 0 spiro atoms. The van der Waals surface area contributed by atoms with Crippen LogP contribution in [-0.4, -0.2) is 76.6 Å². The van der Waals surface area contributed by atoms with E-state index in [4.69, 9.17) is 4.42 Å². The standard InChI is InChI=1S/C28H32F3N5O7/c1-14(32-16(3)37)26(41)35-10-4-6-20(35)24(39)33-15(2)27(42)36-11-5-7-21(36)25(40)34-17-8-9-18-19(28(29,30)31)13-23(38)43-22(18)12-17/h8-9,12-15,20-21H,4-7,10-11H2,1-3H3,(H,32,37)(H,33,39)(H,34,40)/t14-,15-,20+,21+/m1/s1. The van der Waals surface area contributed by atoms with Gasteiger partial charge in [0, 0.05) is 43.2 Å². The lowest BCUT2D eigenvalue weighted by molar-refractivity contribution is -0.143. The van der Waals surface area contributed by atoms with E-state index in [1.807, 2.05) is 0 Å². The summed E-state index contributed by atoms with van der Waals surface area (Å²) in [5.74, 6) is -2.44. The van der Waals surface area contributed by atoms with Gasteiger partial charge in [0.05, 0.1) is 5.56 Å². The van der Waals surface area contributed by atoms with Crippen molar-refractivity contribution in [3.05, 3.63) is 40.2 Å². The number of nitrogens with zero attached hydrogens (tertiary/aromatic N) is 2. The Balaban J connectivity index is 1.41. The number of fused-ring (bicyclic) bond motifs is 1. The molecular weight excluding hydrogens is 575 g/mol. The lowest BCUT2D eigenvalue weighted by Crippen LogP contribution is -2.56. The third-order valence-corrected chi connectivity index (χ3v) is 7.51. The molecule has 4 atom stereocenters. The van der Waals surface area contributed by atoms with Gasteiger partial charge < -0.3 is 30.2 Å². The zero-order chi connectivity index (χ0) is 31.6. The van der Waals surface area contributed by atoms with Crippen molar-refractivity contribution in [2.24, 2.45) is 0 Å². The second kappa shape index (κ2) is 12.4. The van der Waals surface area contributed by atoms with Gasteiger partial charge in [0.1, 0.15) is 29.8 Å². The molecule has 0 aliphatic carbocycles. The van der Waals surface area contributed by atoms with Crippen LogP contribution in [0.5, 0.6) is 0 Å². The van der Waals surface area contributed by atoms with Crippen molar-refractivity contribution in [1.29, 1.82) is 0 Å². The summed E-state index contributed by atoms with van der Waals surface area (Å²) in [6, 6.07) is 0.204. The Morgan fingerprint density at radius 1 is 0.884 bits per heavy atom. The summed E-state index contributed by atoms with van der Waals surface area (Å²) in [7, 11) is 0. The highest BCUT2D eigenvalue weighted by Crippen LogP contribution is 2.34. The number of carbonyl (C=O) groups excluding carboxylic acids is 5. The maximum Gasteiger partial charge on any atom is 0.417 e. The summed E-state index contributed by atoms with van der Waals surface area (Å²) < 4.78 is 45.0. The predicted molar refractivity (Wildman–Crippen MR) is 146 cm³/mol. The maximum atomic E-state index is 13.3. The molecule has 1 aromatic carbocycles. The highest BCUT2D eigenvalue weighted by molar-refractivity contribution is 6.00. The predicted octanol–water partition coefficient (Wildman–Crippen LogP) is 1.76. The van der Waals surface area contributed by atoms with Crippen LogP contribution in [0, 0.1) is 0 Å². The second-order valence-corrected chi connectivity index (χ2v) is 10.7. The Bertz CT molecular complexity index is 1510. The number of alkyl halides is 3. The van der Waals surface area contributed by atoms with E-state index in [2.05, 4.69) is 16.0 Å². The third kappa shape index (κ3) is 6.97. The molecule has 2 aromatic rings. The molecule has 0 bridgehead atoms. The van der Waals surface area contributed by atoms with E-state index in [1.165, 1.54) is 36.6 Å². The van der Waals surface area contributed by atoms with Crippen molar-refractivity contribution in [1.82, 2.24) is 20.4 Å². The number of anilines is 1. The molecule has 12 nitrogen and oxygen atoms in total. The molecule has 15 heteroatoms. The minimum Gasteiger partial charge on any atom is -0.423 e. The number of benzene rings is 1. The fourth-order valence-electron chi connectivity index (χ4n) is 5.54. The minimum absolute atomic E-state index is 0.0695. The average Bonchev–Trinajstić information content (AvgIpc) is 3.61. The number of hydrogen-bond acceptors (Lipinski definition) is 7. The first kappa shape index (κ1) is 31.5. The molecule has 43 heavy (non-hydrogen) atoms. The first-order valence-corrected chi connectivity index (χ1v) is 13.8. The zero-order valence-corrected chi connectivity index (χ0v) is 23.7. The smallest absolute Gasteiger partial charge is 0.417 e. The van der Waals surface area contributed by atoms with Gasteiger partial charge in [0.2, 0.25) is 29.5 Å². The molecule has 5 amide bonds. The summed E-state index contributed by atoms with van der Waals surface area (Å²) in [6.07, 6.45) is -3.02. The molecule has 2 aliphatic heterocycles. The van der Waals surface area contributed by atoms with Gasteiger partial charge in [0.15, 0.2) is 0 Å². The van der Waals surface area contributed by atoms with Crippen LogP contribution in [0.15, 0.2) is 33.5 Å². The van der Waals surface area contributed by atoms with Gasteiger partial charge in [-0.1, -0.05) is 0 Å². The average molecular weight is 608 g/mol. The lowest BCUT2D eigenvalue weighted by Gasteiger charge is -2.30. The summed E-state index contributed by atoms with van der Waals surface area (Å²) >= 11 is 0. The van der Waals surface area contributed by atoms with Crippen molar-refractivity contribution < 1.29 is 41.6 Å². The highest BCUT2D eigenvalue weighted by atomic mass is 19.4.